The summed E-state index contributed by atoms with van der Waals surface area (Å²) in [5.41, 5.74) is 2.91. The van der Waals surface area contributed by atoms with Crippen molar-refractivity contribution in [3.8, 4) is 28.4 Å². The zero-order valence-electron chi connectivity index (χ0n) is 24.5. The monoisotopic (exact) mass is 561 g/mol. The Balaban J connectivity index is 1.93. The molecule has 0 saturated heterocycles. The third kappa shape index (κ3) is 7.01. The molecule has 6 nitrogen and oxygen atoms in total. The van der Waals surface area contributed by atoms with Crippen LogP contribution in [0.2, 0.25) is 23.3 Å². The van der Waals surface area contributed by atoms with Crippen molar-refractivity contribution in [2.45, 2.75) is 93.0 Å². The first kappa shape index (κ1) is 30.3. The van der Waals surface area contributed by atoms with Gasteiger partial charge in [0.05, 0.1) is 28.6 Å². The number of halogens is 2. The zero-order valence-corrected chi connectivity index (χ0v) is 26.3. The highest BCUT2D eigenvalue weighted by Gasteiger charge is 2.40. The first-order chi connectivity index (χ1) is 17.4. The predicted octanol–water partition coefficient (Wildman–Crippen LogP) is 8.72. The van der Waals surface area contributed by atoms with Crippen LogP contribution < -0.4 is 4.74 Å². The molecule has 38 heavy (non-hydrogen) atoms. The fourth-order valence-electron chi connectivity index (χ4n) is 4.04. The molecule has 1 aromatic carbocycles. The van der Waals surface area contributed by atoms with Gasteiger partial charge in [0.15, 0.2) is 14.1 Å². The van der Waals surface area contributed by atoms with E-state index in [0.717, 1.165) is 12.0 Å². The number of ether oxygens (including phenoxy) is 1. The molecule has 0 bridgehead atoms. The molecule has 0 radical (unpaired) electrons. The number of hydrogen-bond acceptors (Lipinski definition) is 6. The third-order valence-electron chi connectivity index (χ3n) is 7.08. The zero-order chi connectivity index (χ0) is 28.6. The predicted molar refractivity (Wildman–Crippen MR) is 154 cm³/mol. The van der Waals surface area contributed by atoms with Crippen LogP contribution in [0.5, 0.6) is 5.75 Å². The van der Waals surface area contributed by atoms with Gasteiger partial charge in [0.1, 0.15) is 29.1 Å². The fraction of sp³-hybridized carbons (Fsp3) is 0.552. The van der Waals surface area contributed by atoms with Gasteiger partial charge >= 0.3 is 0 Å². The molecule has 0 aliphatic carbocycles. The molecule has 2 heterocycles. The smallest absolute Gasteiger partial charge is 0.192 e. The molecule has 0 saturated carbocycles. The van der Waals surface area contributed by atoms with Crippen LogP contribution in [-0.4, -0.2) is 36.2 Å². The molecular formula is C29H41ClFN3O3Si. The fourth-order valence-corrected chi connectivity index (χ4v) is 5.55. The molecule has 0 N–H and O–H groups in total. The van der Waals surface area contributed by atoms with Crippen LogP contribution in [0.4, 0.5) is 4.39 Å². The summed E-state index contributed by atoms with van der Waals surface area (Å²) in [6, 6.07) is 4.60. The second kappa shape index (κ2) is 11.1. The van der Waals surface area contributed by atoms with E-state index in [1.807, 2.05) is 13.8 Å². The van der Waals surface area contributed by atoms with Crippen molar-refractivity contribution < 1.29 is 18.1 Å². The van der Waals surface area contributed by atoms with E-state index in [1.165, 1.54) is 6.07 Å². The van der Waals surface area contributed by atoms with Crippen molar-refractivity contribution in [1.29, 1.82) is 0 Å². The number of benzene rings is 1. The van der Waals surface area contributed by atoms with Crippen molar-refractivity contribution in [2.75, 3.05) is 6.61 Å². The SMILES string of the molecule is Cc1noc(C)c1-c1nc(-c2cc(OC[C@@H](CC(C)(C)C)O[Si](C)(C)C(C)(C)C)ccc2F)nc(Cl)c1C. The van der Waals surface area contributed by atoms with Crippen LogP contribution in [-0.2, 0) is 4.43 Å². The molecule has 0 fully saturated rings. The highest BCUT2D eigenvalue weighted by atomic mass is 35.5. The minimum atomic E-state index is -2.02. The average molecular weight is 562 g/mol. The van der Waals surface area contributed by atoms with Gasteiger partial charge in [-0.3, -0.25) is 0 Å². The van der Waals surface area contributed by atoms with Gasteiger partial charge in [-0.2, -0.15) is 0 Å². The highest BCUT2D eigenvalue weighted by molar-refractivity contribution is 6.74. The molecule has 3 rings (SSSR count). The number of aromatic nitrogens is 3. The summed E-state index contributed by atoms with van der Waals surface area (Å²) in [5, 5.41) is 4.34. The Labute approximate surface area is 232 Å². The van der Waals surface area contributed by atoms with E-state index in [0.29, 0.717) is 35.1 Å². The Morgan fingerprint density at radius 3 is 2.26 bits per heavy atom. The van der Waals surface area contributed by atoms with Gasteiger partial charge < -0.3 is 13.7 Å². The molecule has 0 amide bonds. The molecule has 0 spiro atoms. The molecule has 0 aliphatic rings. The van der Waals surface area contributed by atoms with Gasteiger partial charge in [-0.25, -0.2) is 14.4 Å². The van der Waals surface area contributed by atoms with Crippen molar-refractivity contribution in [1.82, 2.24) is 15.1 Å². The average Bonchev–Trinajstić information content (AvgIpc) is 3.10. The summed E-state index contributed by atoms with van der Waals surface area (Å²) in [6.07, 6.45) is 0.742. The molecule has 0 aliphatic heterocycles. The van der Waals surface area contributed by atoms with Crippen molar-refractivity contribution >= 4 is 19.9 Å². The minimum absolute atomic E-state index is 0.0610. The lowest BCUT2D eigenvalue weighted by Crippen LogP contribution is -2.46. The molecule has 208 valence electrons. The summed E-state index contributed by atoms with van der Waals surface area (Å²) < 4.78 is 33.3. The van der Waals surface area contributed by atoms with Crippen LogP contribution in [0.3, 0.4) is 0 Å². The van der Waals surface area contributed by atoms with Gasteiger partial charge in [0.25, 0.3) is 0 Å². The quantitative estimate of drug-likeness (QED) is 0.202. The molecule has 2 aromatic heterocycles. The number of aryl methyl sites for hydroxylation is 2. The van der Waals surface area contributed by atoms with Crippen LogP contribution in [0.15, 0.2) is 22.7 Å². The van der Waals surface area contributed by atoms with Gasteiger partial charge in [-0.15, -0.1) is 0 Å². The van der Waals surface area contributed by atoms with E-state index >= 15 is 4.39 Å². The Hall–Kier alpha value is -2.29. The largest absolute Gasteiger partial charge is 0.491 e. The maximum absolute atomic E-state index is 15.1. The Bertz CT molecular complexity index is 1280. The molecule has 1 atom stereocenters. The number of hydrogen-bond donors (Lipinski definition) is 0. The Morgan fingerprint density at radius 1 is 1.05 bits per heavy atom. The van der Waals surface area contributed by atoms with Gasteiger partial charge in [-0.1, -0.05) is 58.3 Å². The van der Waals surface area contributed by atoms with Gasteiger partial charge in [0.2, 0.25) is 0 Å². The molecule has 3 aromatic rings. The first-order valence-corrected chi connectivity index (χ1v) is 16.3. The standard InChI is InChI=1S/C29H41ClFN3O3Si/c1-17-25(24-18(2)34-36-19(24)3)32-27(33-26(17)30)22-14-20(12-13-23(22)31)35-16-21(15-28(4,5)6)37-38(10,11)29(7,8)9/h12-14,21H,15-16H2,1-11H3/t21-/m1/s1. The highest BCUT2D eigenvalue weighted by Crippen LogP contribution is 2.39. The normalized spacial score (nSPS) is 13.6. The second-order valence-electron chi connectivity index (χ2n) is 12.7. The first-order valence-electron chi connectivity index (χ1n) is 13.0. The second-order valence-corrected chi connectivity index (χ2v) is 17.8. The van der Waals surface area contributed by atoms with Crippen LogP contribution in [0, 0.1) is 32.0 Å². The lowest BCUT2D eigenvalue weighted by molar-refractivity contribution is 0.0789. The lowest BCUT2D eigenvalue weighted by Gasteiger charge is -2.40. The van der Waals surface area contributed by atoms with Crippen LogP contribution in [0.25, 0.3) is 22.6 Å². The summed E-state index contributed by atoms with van der Waals surface area (Å²) >= 11 is 6.48. The summed E-state index contributed by atoms with van der Waals surface area (Å²) in [4.78, 5) is 9.06. The summed E-state index contributed by atoms with van der Waals surface area (Å²) in [5.74, 6) is 0.821. The third-order valence-corrected chi connectivity index (χ3v) is 12.0. The van der Waals surface area contributed by atoms with E-state index < -0.39 is 14.1 Å². The van der Waals surface area contributed by atoms with Crippen molar-refractivity contribution in [3.63, 3.8) is 0 Å². The van der Waals surface area contributed by atoms with E-state index in [4.69, 9.17) is 25.3 Å². The van der Waals surface area contributed by atoms with E-state index in [1.54, 1.807) is 19.1 Å². The molecular weight excluding hydrogens is 521 g/mol. The summed E-state index contributed by atoms with van der Waals surface area (Å²) in [6.45, 7) is 23.6. The Kier molecular flexibility index (Phi) is 8.81. The van der Waals surface area contributed by atoms with E-state index in [-0.39, 0.29) is 33.1 Å². The molecule has 0 unspecified atom stereocenters. The number of rotatable bonds is 8. The van der Waals surface area contributed by atoms with Crippen LogP contribution >= 0.6 is 11.6 Å². The van der Waals surface area contributed by atoms with Gasteiger partial charge in [0, 0.05) is 5.56 Å². The topological polar surface area (TPSA) is 70.3 Å². The van der Waals surface area contributed by atoms with E-state index in [2.05, 4.69) is 69.8 Å². The number of nitrogens with zero attached hydrogens (tertiary/aromatic N) is 3. The van der Waals surface area contributed by atoms with Crippen LogP contribution in [0.1, 0.15) is 65.0 Å². The maximum Gasteiger partial charge on any atom is 0.192 e. The van der Waals surface area contributed by atoms with Crippen molar-refractivity contribution in [3.05, 3.63) is 46.2 Å². The summed E-state index contributed by atoms with van der Waals surface area (Å²) in [7, 11) is -2.02. The minimum Gasteiger partial charge on any atom is -0.491 e. The van der Waals surface area contributed by atoms with E-state index in [9.17, 15) is 0 Å². The lowest BCUT2D eigenvalue weighted by atomic mass is 9.89. The Morgan fingerprint density at radius 2 is 1.71 bits per heavy atom. The van der Waals surface area contributed by atoms with Gasteiger partial charge in [-0.05, 0) is 68.9 Å². The maximum atomic E-state index is 15.1. The van der Waals surface area contributed by atoms with Crippen molar-refractivity contribution in [2.24, 2.45) is 5.41 Å². The molecule has 9 heteroatoms.